The molecule has 0 rings (SSSR count). The minimum atomic E-state index is -1.17. The van der Waals surface area contributed by atoms with E-state index in [1.165, 1.54) is 0 Å². The van der Waals surface area contributed by atoms with Crippen molar-refractivity contribution in [2.45, 2.75) is 25.0 Å². The molecule has 13 heavy (non-hydrogen) atoms. The molecule has 7 nitrogen and oxygen atoms in total. The summed E-state index contributed by atoms with van der Waals surface area (Å²) in [5.74, 6) is -1.17. The number of rotatable bonds is 6. The van der Waals surface area contributed by atoms with Crippen molar-refractivity contribution in [3.8, 4) is 0 Å². The third-order valence-electron chi connectivity index (χ3n) is 1.49. The number of hydrogen-bond donors (Lipinski definition) is 3. The smallest absolute Gasteiger partial charge is 0.320 e. The number of carboxylic acids is 1. The van der Waals surface area contributed by atoms with Crippen LogP contribution in [0.1, 0.15) is 12.8 Å². The first-order valence-electron chi connectivity index (χ1n) is 3.71. The van der Waals surface area contributed by atoms with Crippen LogP contribution in [0.5, 0.6) is 0 Å². The van der Waals surface area contributed by atoms with Crippen molar-refractivity contribution in [1.82, 2.24) is 0 Å². The molecule has 0 aliphatic heterocycles. The average Bonchev–Trinajstić information content (AvgIpc) is 1.98. The fourth-order valence-corrected chi connectivity index (χ4v) is 0.759. The summed E-state index contributed by atoms with van der Waals surface area (Å²) in [6.07, 6.45) is -1.07. The highest BCUT2D eigenvalue weighted by atomic mass is 16.6. The zero-order valence-electron chi connectivity index (χ0n) is 6.92. The minimum absolute atomic E-state index is 0.0223. The summed E-state index contributed by atoms with van der Waals surface area (Å²) in [5.41, 5.74) is 5.12. The van der Waals surface area contributed by atoms with E-state index in [1.807, 2.05) is 0 Å². The number of carbonyl (C=O) groups is 1. The van der Waals surface area contributed by atoms with Crippen molar-refractivity contribution in [2.75, 3.05) is 6.54 Å². The summed E-state index contributed by atoms with van der Waals surface area (Å²) < 4.78 is 0. The Bertz CT molecular complexity index is 195. The zero-order chi connectivity index (χ0) is 10.4. The van der Waals surface area contributed by atoms with Gasteiger partial charge >= 0.3 is 5.97 Å². The van der Waals surface area contributed by atoms with Crippen molar-refractivity contribution in [1.29, 1.82) is 0 Å². The standard InChI is InChI=1S/C6H12N2O5/c7-5(6(10)11)2-1-4(9)3-8(12)13/h4-5,9H,1-3,7H2,(H,10,11)/t4-,5-/m0/s1. The third-order valence-corrected chi connectivity index (χ3v) is 1.49. The van der Waals surface area contributed by atoms with E-state index < -0.39 is 29.6 Å². The van der Waals surface area contributed by atoms with Gasteiger partial charge in [0, 0.05) is 4.92 Å². The molecule has 0 aromatic carbocycles. The zero-order valence-corrected chi connectivity index (χ0v) is 6.92. The van der Waals surface area contributed by atoms with Crippen LogP contribution in [0, 0.1) is 10.1 Å². The molecule has 0 saturated heterocycles. The molecule has 0 saturated carbocycles. The fourth-order valence-electron chi connectivity index (χ4n) is 0.759. The molecule has 0 aliphatic rings. The van der Waals surface area contributed by atoms with Crippen LogP contribution in [0.4, 0.5) is 0 Å². The Morgan fingerprint density at radius 2 is 2.08 bits per heavy atom. The maximum atomic E-state index is 10.2. The molecule has 76 valence electrons. The molecule has 0 amide bonds. The van der Waals surface area contributed by atoms with Gasteiger partial charge in [-0.3, -0.25) is 14.9 Å². The second-order valence-electron chi connectivity index (χ2n) is 2.69. The van der Waals surface area contributed by atoms with Crippen LogP contribution in [0.3, 0.4) is 0 Å². The van der Waals surface area contributed by atoms with Gasteiger partial charge < -0.3 is 15.9 Å². The first kappa shape index (κ1) is 11.8. The molecule has 0 aliphatic carbocycles. The molecular weight excluding hydrogens is 180 g/mol. The van der Waals surface area contributed by atoms with Gasteiger partial charge in [0.2, 0.25) is 6.54 Å². The average molecular weight is 192 g/mol. The summed E-state index contributed by atoms with van der Waals surface area (Å²) in [7, 11) is 0. The number of nitrogens with two attached hydrogens (primary N) is 1. The van der Waals surface area contributed by atoms with Gasteiger partial charge in [-0.2, -0.15) is 0 Å². The van der Waals surface area contributed by atoms with Gasteiger partial charge in [0.1, 0.15) is 12.1 Å². The monoisotopic (exact) mass is 192 g/mol. The van der Waals surface area contributed by atoms with Crippen LogP contribution in [-0.4, -0.2) is 39.8 Å². The molecule has 0 unspecified atom stereocenters. The van der Waals surface area contributed by atoms with Crippen molar-refractivity contribution >= 4 is 5.97 Å². The van der Waals surface area contributed by atoms with Crippen LogP contribution in [-0.2, 0) is 4.79 Å². The highest BCUT2D eigenvalue weighted by Crippen LogP contribution is 2.00. The lowest BCUT2D eigenvalue weighted by Gasteiger charge is -2.08. The largest absolute Gasteiger partial charge is 0.480 e. The number of nitrogens with zero attached hydrogens (tertiary/aromatic N) is 1. The van der Waals surface area contributed by atoms with Gasteiger partial charge in [0.25, 0.3) is 0 Å². The number of aliphatic hydroxyl groups excluding tert-OH is 1. The third kappa shape index (κ3) is 6.00. The second kappa shape index (κ2) is 5.44. The molecule has 7 heteroatoms. The Morgan fingerprint density at radius 1 is 1.54 bits per heavy atom. The molecular formula is C6H12N2O5. The van der Waals surface area contributed by atoms with Gasteiger partial charge in [-0.25, -0.2) is 0 Å². The molecule has 0 heterocycles. The normalized spacial score (nSPS) is 14.9. The van der Waals surface area contributed by atoms with Crippen molar-refractivity contribution in [2.24, 2.45) is 5.73 Å². The van der Waals surface area contributed by atoms with Gasteiger partial charge in [-0.1, -0.05) is 0 Å². The van der Waals surface area contributed by atoms with E-state index in [0.29, 0.717) is 0 Å². The molecule has 0 aromatic heterocycles. The summed E-state index contributed by atoms with van der Waals surface area (Å²) >= 11 is 0. The van der Waals surface area contributed by atoms with E-state index in [2.05, 4.69) is 0 Å². The van der Waals surface area contributed by atoms with Crippen molar-refractivity contribution < 1.29 is 19.9 Å². The number of aliphatic hydroxyl groups is 1. The van der Waals surface area contributed by atoms with Crippen molar-refractivity contribution in [3.05, 3.63) is 10.1 Å². The molecule has 0 radical (unpaired) electrons. The summed E-state index contributed by atoms with van der Waals surface area (Å²) in [6.45, 7) is -0.577. The number of carboxylic acid groups (broad SMARTS) is 1. The Labute approximate surface area is 74.3 Å². The molecule has 0 fully saturated rings. The van der Waals surface area contributed by atoms with Gasteiger partial charge in [-0.15, -0.1) is 0 Å². The first-order chi connectivity index (χ1) is 5.93. The Kier molecular flexibility index (Phi) is 4.93. The maximum absolute atomic E-state index is 10.2. The van der Waals surface area contributed by atoms with E-state index in [4.69, 9.17) is 15.9 Å². The summed E-state index contributed by atoms with van der Waals surface area (Å²) in [4.78, 5) is 19.4. The Balaban J connectivity index is 3.63. The quantitative estimate of drug-likeness (QED) is 0.359. The molecule has 4 N–H and O–H groups in total. The predicted molar refractivity (Wildman–Crippen MR) is 42.7 cm³/mol. The summed E-state index contributed by atoms with van der Waals surface area (Å²) in [5, 5.41) is 27.2. The Hall–Kier alpha value is -1.21. The molecule has 0 bridgehead atoms. The topological polar surface area (TPSA) is 127 Å². The first-order valence-corrected chi connectivity index (χ1v) is 3.71. The maximum Gasteiger partial charge on any atom is 0.320 e. The lowest BCUT2D eigenvalue weighted by atomic mass is 10.1. The second-order valence-corrected chi connectivity index (χ2v) is 2.69. The van der Waals surface area contributed by atoms with Crippen LogP contribution < -0.4 is 5.73 Å². The van der Waals surface area contributed by atoms with Crippen LogP contribution in [0.25, 0.3) is 0 Å². The number of aliphatic carboxylic acids is 1. The summed E-state index contributed by atoms with van der Waals surface area (Å²) in [6, 6.07) is -1.07. The van der Waals surface area contributed by atoms with Gasteiger partial charge in [0.15, 0.2) is 0 Å². The minimum Gasteiger partial charge on any atom is -0.480 e. The van der Waals surface area contributed by atoms with Crippen LogP contribution in [0.15, 0.2) is 0 Å². The van der Waals surface area contributed by atoms with Crippen molar-refractivity contribution in [3.63, 3.8) is 0 Å². The highest BCUT2D eigenvalue weighted by molar-refractivity contribution is 5.72. The van der Waals surface area contributed by atoms with E-state index in [0.717, 1.165) is 0 Å². The Morgan fingerprint density at radius 3 is 2.46 bits per heavy atom. The molecule has 0 aromatic rings. The highest BCUT2D eigenvalue weighted by Gasteiger charge is 2.16. The molecule has 0 spiro atoms. The van der Waals surface area contributed by atoms with Crippen LogP contribution >= 0.6 is 0 Å². The van der Waals surface area contributed by atoms with E-state index >= 15 is 0 Å². The van der Waals surface area contributed by atoms with Gasteiger partial charge in [0.05, 0.1) is 0 Å². The fraction of sp³-hybridized carbons (Fsp3) is 0.833. The lowest BCUT2D eigenvalue weighted by Crippen LogP contribution is -2.32. The van der Waals surface area contributed by atoms with Crippen LogP contribution in [0.2, 0.25) is 0 Å². The number of nitro groups is 1. The SMILES string of the molecule is N[C@@H](CC[C@H](O)C[N+](=O)[O-])C(=O)O. The number of hydrogen-bond acceptors (Lipinski definition) is 5. The van der Waals surface area contributed by atoms with Gasteiger partial charge in [-0.05, 0) is 12.8 Å². The van der Waals surface area contributed by atoms with E-state index in [1.54, 1.807) is 0 Å². The lowest BCUT2D eigenvalue weighted by molar-refractivity contribution is -0.490. The molecule has 2 atom stereocenters. The van der Waals surface area contributed by atoms with E-state index in [-0.39, 0.29) is 12.8 Å². The predicted octanol–water partition coefficient (Wildman–Crippen LogP) is -1.18. The van der Waals surface area contributed by atoms with E-state index in [9.17, 15) is 14.9 Å².